The monoisotopic (exact) mass is 384 g/mol. The molecule has 1 atom stereocenters. The molecule has 1 aliphatic heterocycles. The van der Waals surface area contributed by atoms with Crippen molar-refractivity contribution in [3.63, 3.8) is 0 Å². The van der Waals surface area contributed by atoms with Crippen molar-refractivity contribution in [3.8, 4) is 0 Å². The molecule has 0 unspecified atom stereocenters. The largest absolute Gasteiger partial charge is 0.314 e. The third kappa shape index (κ3) is 6.06. The smallest absolute Gasteiger partial charge is 0.132 e. The summed E-state index contributed by atoms with van der Waals surface area (Å²) in [5.41, 5.74) is 1.39. The van der Waals surface area contributed by atoms with E-state index in [1.807, 2.05) is 13.0 Å². The fourth-order valence-corrected chi connectivity index (χ4v) is 3.35. The number of aryl methyl sites for hydroxylation is 1. The topological polar surface area (TPSA) is 15.3 Å². The fourth-order valence-electron chi connectivity index (χ4n) is 3.07. The minimum absolute atomic E-state index is 0. The van der Waals surface area contributed by atoms with Crippen molar-refractivity contribution in [2.24, 2.45) is 0 Å². The Balaban J connectivity index is 0.00000242. The molecule has 1 aromatic carbocycles. The van der Waals surface area contributed by atoms with E-state index in [4.69, 9.17) is 11.6 Å². The second-order valence-corrected chi connectivity index (χ2v) is 6.30. The van der Waals surface area contributed by atoms with Crippen LogP contribution >= 0.6 is 36.4 Å². The number of hydrogen-bond donors (Lipinski definition) is 1. The Morgan fingerprint density at radius 2 is 1.87 bits per heavy atom. The summed E-state index contributed by atoms with van der Waals surface area (Å²) in [6, 6.07) is 3.71. The summed E-state index contributed by atoms with van der Waals surface area (Å²) >= 11 is 6.35. The van der Waals surface area contributed by atoms with Gasteiger partial charge in [0, 0.05) is 42.8 Å². The third-order valence-corrected chi connectivity index (χ3v) is 4.66. The van der Waals surface area contributed by atoms with Crippen molar-refractivity contribution in [3.05, 3.63) is 34.1 Å². The molecule has 1 aromatic rings. The van der Waals surface area contributed by atoms with Gasteiger partial charge in [0.2, 0.25) is 0 Å². The van der Waals surface area contributed by atoms with Crippen molar-refractivity contribution >= 4 is 36.4 Å². The Bertz CT molecular complexity index is 465. The van der Waals surface area contributed by atoms with Crippen LogP contribution in [0.1, 0.15) is 49.8 Å². The number of nitrogens with zero attached hydrogens (tertiary/aromatic N) is 1. The molecule has 0 amide bonds. The van der Waals surface area contributed by atoms with Gasteiger partial charge in [-0.1, -0.05) is 43.9 Å². The minimum Gasteiger partial charge on any atom is -0.314 e. The summed E-state index contributed by atoms with van der Waals surface area (Å²) in [6.45, 7) is 7.86. The lowest BCUT2D eigenvalue weighted by Crippen LogP contribution is -2.45. The van der Waals surface area contributed by atoms with E-state index in [0.717, 1.165) is 39.0 Å². The van der Waals surface area contributed by atoms with E-state index >= 15 is 0 Å². The standard InChI is InChI=1S/C17H26ClFN2.2ClH/c1-3-4-5-6-15(21-11-9-20-10-12-21)16-14(18)8-7-13(2)17(16)19;;/h7-8,15,20H,3-6,9-12H2,1-2H3;2*1H/t15-;;/m1../s1. The van der Waals surface area contributed by atoms with Crippen LogP contribution in [-0.4, -0.2) is 31.1 Å². The highest BCUT2D eigenvalue weighted by Crippen LogP contribution is 2.35. The maximum atomic E-state index is 14.6. The van der Waals surface area contributed by atoms with Crippen molar-refractivity contribution in [1.29, 1.82) is 0 Å². The summed E-state index contributed by atoms with van der Waals surface area (Å²) in [7, 11) is 0. The van der Waals surface area contributed by atoms with Crippen LogP contribution in [0.25, 0.3) is 0 Å². The molecule has 0 spiro atoms. The van der Waals surface area contributed by atoms with E-state index in [9.17, 15) is 4.39 Å². The number of unbranched alkanes of at least 4 members (excludes halogenated alkanes) is 2. The van der Waals surface area contributed by atoms with Gasteiger partial charge in [-0.2, -0.15) is 0 Å². The Morgan fingerprint density at radius 1 is 1.22 bits per heavy atom. The zero-order valence-electron chi connectivity index (χ0n) is 13.9. The maximum Gasteiger partial charge on any atom is 0.132 e. The molecule has 6 heteroatoms. The van der Waals surface area contributed by atoms with Gasteiger partial charge >= 0.3 is 0 Å². The van der Waals surface area contributed by atoms with Crippen LogP contribution in [0, 0.1) is 12.7 Å². The van der Waals surface area contributed by atoms with Crippen LogP contribution in [0.3, 0.4) is 0 Å². The van der Waals surface area contributed by atoms with E-state index in [1.54, 1.807) is 6.07 Å². The minimum atomic E-state index is -0.123. The molecule has 23 heavy (non-hydrogen) atoms. The van der Waals surface area contributed by atoms with Gasteiger partial charge in [-0.3, -0.25) is 4.90 Å². The number of hydrogen-bond acceptors (Lipinski definition) is 2. The average molecular weight is 386 g/mol. The number of benzene rings is 1. The van der Waals surface area contributed by atoms with Gasteiger partial charge in [0.1, 0.15) is 5.82 Å². The van der Waals surface area contributed by atoms with Crippen molar-refractivity contribution in [2.75, 3.05) is 26.2 Å². The lowest BCUT2D eigenvalue weighted by atomic mass is 9.96. The predicted molar refractivity (Wildman–Crippen MR) is 102 cm³/mol. The summed E-state index contributed by atoms with van der Waals surface area (Å²) < 4.78 is 14.6. The molecule has 1 fully saturated rings. The SMILES string of the molecule is CCCCC[C@H](c1c(Cl)ccc(C)c1F)N1CCNCC1.Cl.Cl. The normalized spacial score (nSPS) is 16.3. The molecular formula is C17H28Cl3FN2. The zero-order chi connectivity index (χ0) is 15.2. The van der Waals surface area contributed by atoms with E-state index < -0.39 is 0 Å². The molecule has 2 nitrogen and oxygen atoms in total. The van der Waals surface area contributed by atoms with Crippen molar-refractivity contribution < 1.29 is 4.39 Å². The summed E-state index contributed by atoms with van der Waals surface area (Å²) in [5, 5.41) is 3.93. The summed E-state index contributed by atoms with van der Waals surface area (Å²) in [4.78, 5) is 2.38. The third-order valence-electron chi connectivity index (χ3n) is 4.33. The lowest BCUT2D eigenvalue weighted by molar-refractivity contribution is 0.159. The highest BCUT2D eigenvalue weighted by Gasteiger charge is 2.27. The van der Waals surface area contributed by atoms with E-state index in [1.165, 1.54) is 12.8 Å². The van der Waals surface area contributed by atoms with Gasteiger partial charge in [-0.15, -0.1) is 24.8 Å². The number of halogens is 4. The lowest BCUT2D eigenvalue weighted by Gasteiger charge is -2.36. The average Bonchev–Trinajstić information content (AvgIpc) is 2.51. The molecular weight excluding hydrogens is 358 g/mol. The Morgan fingerprint density at radius 3 is 2.48 bits per heavy atom. The van der Waals surface area contributed by atoms with Crippen LogP contribution in [0.5, 0.6) is 0 Å². The van der Waals surface area contributed by atoms with Crippen LogP contribution < -0.4 is 5.32 Å². The van der Waals surface area contributed by atoms with Crippen LogP contribution in [0.15, 0.2) is 12.1 Å². The molecule has 1 N–H and O–H groups in total. The van der Waals surface area contributed by atoms with Gasteiger partial charge in [-0.05, 0) is 25.0 Å². The Hall–Kier alpha value is -0.0600. The first-order chi connectivity index (χ1) is 10.1. The molecule has 1 saturated heterocycles. The molecule has 0 radical (unpaired) electrons. The molecule has 1 aliphatic rings. The van der Waals surface area contributed by atoms with Gasteiger partial charge in [0.05, 0.1) is 0 Å². The van der Waals surface area contributed by atoms with Gasteiger partial charge in [0.25, 0.3) is 0 Å². The van der Waals surface area contributed by atoms with Crippen molar-refractivity contribution in [1.82, 2.24) is 10.2 Å². The molecule has 134 valence electrons. The first-order valence-corrected chi connectivity index (χ1v) is 8.42. The molecule has 0 bridgehead atoms. The summed E-state index contributed by atoms with van der Waals surface area (Å²) in [5.74, 6) is -0.123. The van der Waals surface area contributed by atoms with E-state index in [0.29, 0.717) is 16.1 Å². The number of piperazine rings is 1. The molecule has 1 heterocycles. The highest BCUT2D eigenvalue weighted by molar-refractivity contribution is 6.31. The first kappa shape index (κ1) is 22.9. The van der Waals surface area contributed by atoms with Crippen LogP contribution in [0.2, 0.25) is 5.02 Å². The second-order valence-electron chi connectivity index (χ2n) is 5.89. The highest BCUT2D eigenvalue weighted by atomic mass is 35.5. The maximum absolute atomic E-state index is 14.6. The van der Waals surface area contributed by atoms with Gasteiger partial charge < -0.3 is 5.32 Å². The Kier molecular flexibility index (Phi) is 11.5. The summed E-state index contributed by atoms with van der Waals surface area (Å²) in [6.07, 6.45) is 4.47. The van der Waals surface area contributed by atoms with Gasteiger partial charge in [-0.25, -0.2) is 4.39 Å². The fraction of sp³-hybridized carbons (Fsp3) is 0.647. The van der Waals surface area contributed by atoms with E-state index in [2.05, 4.69) is 17.1 Å². The van der Waals surface area contributed by atoms with Crippen molar-refractivity contribution in [2.45, 2.75) is 45.6 Å². The van der Waals surface area contributed by atoms with Gasteiger partial charge in [0.15, 0.2) is 0 Å². The zero-order valence-corrected chi connectivity index (χ0v) is 16.3. The number of rotatable bonds is 6. The molecule has 0 aliphatic carbocycles. The quantitative estimate of drug-likeness (QED) is 0.681. The molecule has 0 saturated carbocycles. The molecule has 2 rings (SSSR count). The second kappa shape index (κ2) is 11.5. The van der Waals surface area contributed by atoms with E-state index in [-0.39, 0.29) is 36.7 Å². The van der Waals surface area contributed by atoms with Crippen LogP contribution in [-0.2, 0) is 0 Å². The van der Waals surface area contributed by atoms with Crippen LogP contribution in [0.4, 0.5) is 4.39 Å². The first-order valence-electron chi connectivity index (χ1n) is 8.04. The molecule has 0 aromatic heterocycles. The predicted octanol–water partition coefficient (Wildman–Crippen LogP) is 5.16. The number of nitrogens with one attached hydrogen (secondary N) is 1. The Labute approximate surface area is 157 Å².